The molecule has 0 aliphatic heterocycles. The van der Waals surface area contributed by atoms with Crippen molar-refractivity contribution < 1.29 is 13.9 Å². The number of nitrogens with zero attached hydrogens (tertiary/aromatic N) is 1. The molecule has 1 heterocycles. The van der Waals surface area contributed by atoms with E-state index in [-0.39, 0.29) is 18.2 Å². The van der Waals surface area contributed by atoms with Gasteiger partial charge in [-0.05, 0) is 41.1 Å². The quantitative estimate of drug-likeness (QED) is 0.823. The number of rotatable bonds is 5. The molecular formula is C13H12BrFN2O2S. The molecule has 0 unspecified atom stereocenters. The van der Waals surface area contributed by atoms with Crippen molar-refractivity contribution in [2.24, 2.45) is 0 Å². The van der Waals surface area contributed by atoms with Crippen molar-refractivity contribution in [3.05, 3.63) is 39.6 Å². The number of benzene rings is 1. The van der Waals surface area contributed by atoms with E-state index in [1.165, 1.54) is 23.5 Å². The molecule has 20 heavy (non-hydrogen) atoms. The van der Waals surface area contributed by atoms with Crippen LogP contribution in [0.1, 0.15) is 12.6 Å². The highest BCUT2D eigenvalue weighted by molar-refractivity contribution is 9.10. The minimum Gasteiger partial charge on any atom is -0.466 e. The standard InChI is InChI=1S/C13H12BrFN2O2S/c1-2-19-12(18)6-9-7-20-13(16-9)17-11-5-8(15)3-4-10(11)14/h3-5,7H,2,6H2,1H3,(H,16,17). The van der Waals surface area contributed by atoms with Crippen LogP contribution in [0.4, 0.5) is 15.2 Å². The fourth-order valence-electron chi connectivity index (χ4n) is 1.51. The van der Waals surface area contributed by atoms with Crippen LogP contribution in [0.15, 0.2) is 28.1 Å². The highest BCUT2D eigenvalue weighted by Crippen LogP contribution is 2.28. The molecule has 0 saturated heterocycles. The lowest BCUT2D eigenvalue weighted by atomic mass is 10.3. The van der Waals surface area contributed by atoms with E-state index in [0.29, 0.717) is 23.1 Å². The average Bonchev–Trinajstić information content (AvgIpc) is 2.81. The topological polar surface area (TPSA) is 51.2 Å². The lowest BCUT2D eigenvalue weighted by Crippen LogP contribution is -2.07. The zero-order valence-corrected chi connectivity index (χ0v) is 13.1. The van der Waals surface area contributed by atoms with Crippen LogP contribution >= 0.6 is 27.3 Å². The second-order valence-corrected chi connectivity index (χ2v) is 5.59. The van der Waals surface area contributed by atoms with Crippen LogP contribution < -0.4 is 5.32 Å². The van der Waals surface area contributed by atoms with E-state index in [4.69, 9.17) is 4.74 Å². The van der Waals surface area contributed by atoms with Gasteiger partial charge in [-0.15, -0.1) is 11.3 Å². The van der Waals surface area contributed by atoms with Gasteiger partial charge in [0.25, 0.3) is 0 Å². The summed E-state index contributed by atoms with van der Waals surface area (Å²) in [7, 11) is 0. The zero-order chi connectivity index (χ0) is 14.5. The van der Waals surface area contributed by atoms with Crippen molar-refractivity contribution in [1.82, 2.24) is 4.98 Å². The molecule has 106 valence electrons. The van der Waals surface area contributed by atoms with Crippen molar-refractivity contribution >= 4 is 44.1 Å². The Hall–Kier alpha value is -1.47. The smallest absolute Gasteiger partial charge is 0.311 e. The van der Waals surface area contributed by atoms with Crippen LogP contribution in [0.5, 0.6) is 0 Å². The molecule has 2 aromatic rings. The summed E-state index contributed by atoms with van der Waals surface area (Å²) in [5.74, 6) is -0.643. The minimum absolute atomic E-state index is 0.135. The van der Waals surface area contributed by atoms with Crippen molar-refractivity contribution in [3.63, 3.8) is 0 Å². The Morgan fingerprint density at radius 1 is 1.55 bits per heavy atom. The van der Waals surface area contributed by atoms with Crippen molar-refractivity contribution in [2.75, 3.05) is 11.9 Å². The first-order chi connectivity index (χ1) is 9.58. The molecule has 0 saturated carbocycles. The van der Waals surface area contributed by atoms with Gasteiger partial charge in [0.1, 0.15) is 5.82 Å². The molecule has 1 aromatic carbocycles. The van der Waals surface area contributed by atoms with E-state index in [9.17, 15) is 9.18 Å². The molecular weight excluding hydrogens is 347 g/mol. The number of nitrogens with one attached hydrogen (secondary N) is 1. The number of esters is 1. The second kappa shape index (κ2) is 6.81. The van der Waals surface area contributed by atoms with E-state index in [1.54, 1.807) is 18.4 Å². The summed E-state index contributed by atoms with van der Waals surface area (Å²) in [6, 6.07) is 4.35. The van der Waals surface area contributed by atoms with E-state index in [1.807, 2.05) is 0 Å². The third-order valence-electron chi connectivity index (χ3n) is 2.35. The number of thiazole rings is 1. The highest BCUT2D eigenvalue weighted by atomic mass is 79.9. The third kappa shape index (κ3) is 4.01. The van der Waals surface area contributed by atoms with Gasteiger partial charge in [-0.1, -0.05) is 0 Å². The van der Waals surface area contributed by atoms with Gasteiger partial charge < -0.3 is 10.1 Å². The summed E-state index contributed by atoms with van der Waals surface area (Å²) in [5.41, 5.74) is 1.21. The molecule has 0 bridgehead atoms. The number of anilines is 2. The number of hydrogen-bond donors (Lipinski definition) is 1. The lowest BCUT2D eigenvalue weighted by Gasteiger charge is -2.05. The molecule has 0 amide bonds. The summed E-state index contributed by atoms with van der Waals surface area (Å²) in [4.78, 5) is 15.6. The Morgan fingerprint density at radius 2 is 2.35 bits per heavy atom. The van der Waals surface area contributed by atoms with Crippen molar-refractivity contribution in [2.45, 2.75) is 13.3 Å². The maximum atomic E-state index is 13.2. The first kappa shape index (κ1) is 14.9. The largest absolute Gasteiger partial charge is 0.466 e. The summed E-state index contributed by atoms with van der Waals surface area (Å²) in [5, 5.41) is 5.37. The van der Waals surface area contributed by atoms with E-state index in [0.717, 1.165) is 4.47 Å². The van der Waals surface area contributed by atoms with Gasteiger partial charge in [-0.3, -0.25) is 4.79 Å². The van der Waals surface area contributed by atoms with Crippen LogP contribution in [0.3, 0.4) is 0 Å². The Morgan fingerprint density at radius 3 is 3.10 bits per heavy atom. The van der Waals surface area contributed by atoms with Crippen molar-refractivity contribution in [3.8, 4) is 0 Å². The van der Waals surface area contributed by atoms with E-state index < -0.39 is 0 Å². The molecule has 4 nitrogen and oxygen atoms in total. The predicted octanol–water partition coefficient (Wildman–Crippen LogP) is 3.89. The molecule has 7 heteroatoms. The fourth-order valence-corrected chi connectivity index (χ4v) is 2.58. The number of halogens is 2. The molecule has 1 N–H and O–H groups in total. The maximum absolute atomic E-state index is 13.2. The van der Waals surface area contributed by atoms with Gasteiger partial charge in [-0.25, -0.2) is 9.37 Å². The highest BCUT2D eigenvalue weighted by Gasteiger charge is 2.09. The number of ether oxygens (including phenoxy) is 1. The van der Waals surface area contributed by atoms with Gasteiger partial charge in [0.2, 0.25) is 0 Å². The number of carbonyl (C=O) groups is 1. The molecule has 0 spiro atoms. The number of aromatic nitrogens is 1. The first-order valence-corrected chi connectivity index (χ1v) is 7.58. The molecule has 1 aromatic heterocycles. The van der Waals surface area contributed by atoms with Crippen LogP contribution in [-0.2, 0) is 16.0 Å². The molecule has 0 fully saturated rings. The number of hydrogen-bond acceptors (Lipinski definition) is 5. The van der Waals surface area contributed by atoms with Crippen LogP contribution in [-0.4, -0.2) is 17.6 Å². The summed E-state index contributed by atoms with van der Waals surface area (Å²) >= 11 is 4.67. The molecule has 0 atom stereocenters. The fraction of sp³-hybridized carbons (Fsp3) is 0.231. The predicted molar refractivity (Wildman–Crippen MR) is 79.8 cm³/mol. The third-order valence-corrected chi connectivity index (χ3v) is 3.85. The zero-order valence-electron chi connectivity index (χ0n) is 10.7. The Balaban J connectivity index is 2.06. The van der Waals surface area contributed by atoms with Crippen LogP contribution in [0, 0.1) is 5.82 Å². The average molecular weight is 359 g/mol. The van der Waals surface area contributed by atoms with Gasteiger partial charge in [-0.2, -0.15) is 0 Å². The maximum Gasteiger partial charge on any atom is 0.311 e. The summed E-state index contributed by atoms with van der Waals surface area (Å²) in [6.07, 6.45) is 0.135. The Bertz CT molecular complexity index is 618. The molecule has 0 radical (unpaired) electrons. The Labute approximate surface area is 128 Å². The first-order valence-electron chi connectivity index (χ1n) is 5.90. The van der Waals surface area contributed by atoms with Crippen LogP contribution in [0.25, 0.3) is 0 Å². The van der Waals surface area contributed by atoms with Crippen molar-refractivity contribution in [1.29, 1.82) is 0 Å². The van der Waals surface area contributed by atoms with Gasteiger partial charge >= 0.3 is 5.97 Å². The summed E-state index contributed by atoms with van der Waals surface area (Å²) < 4.78 is 18.8. The molecule has 0 aliphatic carbocycles. The van der Waals surface area contributed by atoms with Gasteiger partial charge in [0, 0.05) is 9.85 Å². The van der Waals surface area contributed by atoms with E-state index in [2.05, 4.69) is 26.2 Å². The molecule has 0 aliphatic rings. The number of carbonyl (C=O) groups excluding carboxylic acids is 1. The SMILES string of the molecule is CCOC(=O)Cc1csc(Nc2cc(F)ccc2Br)n1. The monoisotopic (exact) mass is 358 g/mol. The second-order valence-electron chi connectivity index (χ2n) is 3.87. The van der Waals surface area contributed by atoms with Gasteiger partial charge in [0.05, 0.1) is 24.4 Å². The van der Waals surface area contributed by atoms with Crippen LogP contribution in [0.2, 0.25) is 0 Å². The minimum atomic E-state index is -0.334. The summed E-state index contributed by atoms with van der Waals surface area (Å²) in [6.45, 7) is 2.11. The normalized spacial score (nSPS) is 10.3. The van der Waals surface area contributed by atoms with Gasteiger partial charge in [0.15, 0.2) is 5.13 Å². The molecule has 2 rings (SSSR count). The lowest BCUT2D eigenvalue weighted by molar-refractivity contribution is -0.142. The Kier molecular flexibility index (Phi) is 5.08. The van der Waals surface area contributed by atoms with E-state index >= 15 is 0 Å².